The molecule has 0 aliphatic rings. The number of carboxylic acid groups (broad SMARTS) is 1. The number of ether oxygens (including phenoxy) is 2. The van der Waals surface area contributed by atoms with Crippen LogP contribution >= 0.6 is 67.6 Å². The lowest BCUT2D eigenvalue weighted by Gasteiger charge is -2.04. The molecule has 0 aromatic heterocycles. The smallest absolute Gasteiger partial charge is 0.303 e. The second-order valence-corrected chi connectivity index (χ2v) is 8.96. The van der Waals surface area contributed by atoms with Crippen LogP contribution in [0.25, 0.3) is 0 Å². The van der Waals surface area contributed by atoms with Crippen molar-refractivity contribution in [1.82, 2.24) is 0 Å². The molecule has 0 atom stereocenters. The van der Waals surface area contributed by atoms with Crippen molar-refractivity contribution >= 4 is 82.3 Å². The summed E-state index contributed by atoms with van der Waals surface area (Å²) in [4.78, 5) is 9.37. The van der Waals surface area contributed by atoms with Gasteiger partial charge in [0.2, 0.25) is 8.77 Å². The van der Waals surface area contributed by atoms with Crippen molar-refractivity contribution < 1.29 is 19.4 Å². The summed E-state index contributed by atoms with van der Waals surface area (Å²) in [6, 6.07) is 0. The van der Waals surface area contributed by atoms with Gasteiger partial charge in [-0.25, -0.2) is 0 Å². The molecule has 0 amide bonds. The molecule has 10 heteroatoms. The Morgan fingerprint density at radius 3 is 1.52 bits per heavy atom. The van der Waals surface area contributed by atoms with Crippen molar-refractivity contribution in [1.29, 1.82) is 0 Å². The van der Waals surface area contributed by atoms with Crippen LogP contribution in [0, 0.1) is 0 Å². The number of aliphatic carboxylic acids is 1. The minimum atomic E-state index is -0.745. The van der Waals surface area contributed by atoms with Gasteiger partial charge in [-0.05, 0) is 59.9 Å². The molecule has 0 fully saturated rings. The third-order valence-electron chi connectivity index (χ3n) is 1.33. The molecule has 0 saturated heterocycles. The standard InChI is InChI=1S/C8H14O2S6.C3H6O2/c1-3-9-7(11)15-13-5-6-14-16-8(12)10-4-2;1-2-3(4)5/h3-6H2,1-2H3;2H2,1H3,(H,4,5). The lowest BCUT2D eigenvalue weighted by Crippen LogP contribution is -1.95. The molecule has 0 rings (SSSR count). The number of carbonyl (C=O) groups is 1. The number of thiocarbonyl (C=S) groups is 2. The summed E-state index contributed by atoms with van der Waals surface area (Å²) in [7, 11) is 6.42. The third kappa shape index (κ3) is 23.1. The summed E-state index contributed by atoms with van der Waals surface area (Å²) >= 11 is 9.95. The summed E-state index contributed by atoms with van der Waals surface area (Å²) < 4.78 is 11.5. The number of rotatable bonds is 8. The highest BCUT2D eigenvalue weighted by atomic mass is 33.1. The second-order valence-electron chi connectivity index (χ2n) is 2.92. The first-order valence-electron chi connectivity index (χ1n) is 6.12. The van der Waals surface area contributed by atoms with E-state index in [1.807, 2.05) is 13.8 Å². The van der Waals surface area contributed by atoms with E-state index in [1.54, 1.807) is 28.5 Å². The Morgan fingerprint density at radius 2 is 1.29 bits per heavy atom. The first kappa shape index (κ1) is 23.9. The minimum Gasteiger partial charge on any atom is -0.481 e. The van der Waals surface area contributed by atoms with Gasteiger partial charge in [-0.1, -0.05) is 28.5 Å². The van der Waals surface area contributed by atoms with Crippen LogP contribution in [0.1, 0.15) is 27.2 Å². The maximum Gasteiger partial charge on any atom is 0.303 e. The van der Waals surface area contributed by atoms with Crippen LogP contribution in [0.15, 0.2) is 0 Å². The minimum absolute atomic E-state index is 0.222. The van der Waals surface area contributed by atoms with Crippen molar-refractivity contribution in [2.45, 2.75) is 27.2 Å². The molecule has 0 aliphatic heterocycles. The van der Waals surface area contributed by atoms with E-state index < -0.39 is 5.97 Å². The van der Waals surface area contributed by atoms with E-state index in [0.717, 1.165) is 11.5 Å². The zero-order chi connectivity index (χ0) is 16.5. The summed E-state index contributed by atoms with van der Waals surface area (Å²) in [5, 5.41) is 7.72. The van der Waals surface area contributed by atoms with Crippen LogP contribution in [0.2, 0.25) is 0 Å². The third-order valence-corrected chi connectivity index (χ3v) is 7.06. The van der Waals surface area contributed by atoms with Crippen molar-refractivity contribution in [2.75, 3.05) is 24.7 Å². The fourth-order valence-electron chi connectivity index (χ4n) is 0.531. The van der Waals surface area contributed by atoms with E-state index in [2.05, 4.69) is 0 Å². The molecule has 21 heavy (non-hydrogen) atoms. The van der Waals surface area contributed by atoms with E-state index in [4.69, 9.17) is 39.0 Å². The normalized spacial score (nSPS) is 9.29. The van der Waals surface area contributed by atoms with Crippen LogP contribution in [-0.4, -0.2) is 44.6 Å². The van der Waals surface area contributed by atoms with Gasteiger partial charge in [0.15, 0.2) is 0 Å². The van der Waals surface area contributed by atoms with Gasteiger partial charge >= 0.3 is 5.97 Å². The van der Waals surface area contributed by atoms with E-state index in [9.17, 15) is 4.79 Å². The summed E-state index contributed by atoms with van der Waals surface area (Å²) in [5.74, 6) is 1.26. The molecule has 0 aliphatic carbocycles. The number of carboxylic acids is 1. The maximum absolute atomic E-state index is 9.37. The lowest BCUT2D eigenvalue weighted by atomic mass is 10.5. The predicted molar refractivity (Wildman–Crippen MR) is 106 cm³/mol. The second kappa shape index (κ2) is 18.7. The highest BCUT2D eigenvalue weighted by Gasteiger charge is 2.00. The molecule has 0 spiro atoms. The Labute approximate surface area is 153 Å². The zero-order valence-corrected chi connectivity index (χ0v) is 17.1. The Bertz CT molecular complexity index is 278. The average molecular weight is 409 g/mol. The molecule has 0 bridgehead atoms. The fourth-order valence-corrected chi connectivity index (χ4v) is 5.46. The summed E-state index contributed by atoms with van der Waals surface area (Å²) in [6.07, 6.45) is 0.222. The summed E-state index contributed by atoms with van der Waals surface area (Å²) in [5.41, 5.74) is 0. The van der Waals surface area contributed by atoms with Gasteiger partial charge in [-0.2, -0.15) is 0 Å². The van der Waals surface area contributed by atoms with E-state index in [-0.39, 0.29) is 6.42 Å². The van der Waals surface area contributed by atoms with E-state index >= 15 is 0 Å². The van der Waals surface area contributed by atoms with Gasteiger partial charge in [0.05, 0.1) is 13.2 Å². The monoisotopic (exact) mass is 408 g/mol. The molecule has 1 N–H and O–H groups in total. The van der Waals surface area contributed by atoms with Crippen LogP contribution in [0.3, 0.4) is 0 Å². The summed E-state index contributed by atoms with van der Waals surface area (Å²) in [6.45, 7) is 6.74. The molecule has 0 saturated carbocycles. The van der Waals surface area contributed by atoms with Crippen molar-refractivity contribution in [3.63, 3.8) is 0 Å². The molecule has 0 aromatic rings. The molecule has 0 unspecified atom stereocenters. The van der Waals surface area contributed by atoms with E-state index in [1.165, 1.54) is 21.6 Å². The highest BCUT2D eigenvalue weighted by Crippen LogP contribution is 2.29. The first-order valence-corrected chi connectivity index (χ1v) is 11.6. The lowest BCUT2D eigenvalue weighted by molar-refractivity contribution is -0.136. The maximum atomic E-state index is 9.37. The van der Waals surface area contributed by atoms with Crippen LogP contribution in [0.5, 0.6) is 0 Å². The predicted octanol–water partition coefficient (Wildman–Crippen LogP) is 4.87. The van der Waals surface area contributed by atoms with Crippen molar-refractivity contribution in [3.05, 3.63) is 0 Å². The Kier molecular flexibility index (Phi) is 21.3. The molecule has 4 nitrogen and oxygen atoms in total. The quantitative estimate of drug-likeness (QED) is 0.342. The van der Waals surface area contributed by atoms with Crippen molar-refractivity contribution in [3.8, 4) is 0 Å². The Morgan fingerprint density at radius 1 is 0.952 bits per heavy atom. The van der Waals surface area contributed by atoms with Gasteiger partial charge in [0.25, 0.3) is 0 Å². The van der Waals surface area contributed by atoms with Gasteiger partial charge in [-0.3, -0.25) is 4.79 Å². The topological polar surface area (TPSA) is 55.8 Å². The molecule has 0 radical (unpaired) electrons. The fraction of sp³-hybridized carbons (Fsp3) is 0.727. The van der Waals surface area contributed by atoms with Gasteiger partial charge in [0, 0.05) is 17.9 Å². The van der Waals surface area contributed by atoms with Crippen LogP contribution in [-0.2, 0) is 14.3 Å². The van der Waals surface area contributed by atoms with Gasteiger partial charge in [0.1, 0.15) is 0 Å². The number of hydrogen-bond acceptors (Lipinski definition) is 9. The Hall–Kier alpha value is 0.650. The molecular weight excluding hydrogens is 389 g/mol. The highest BCUT2D eigenvalue weighted by molar-refractivity contribution is 8.85. The van der Waals surface area contributed by atoms with Gasteiger partial charge in [-0.15, -0.1) is 0 Å². The van der Waals surface area contributed by atoms with Crippen molar-refractivity contribution in [2.24, 2.45) is 0 Å². The largest absolute Gasteiger partial charge is 0.481 e. The Balaban J connectivity index is 0. The molecular formula is C11H20O4S6. The van der Waals surface area contributed by atoms with Gasteiger partial charge < -0.3 is 14.6 Å². The van der Waals surface area contributed by atoms with Crippen LogP contribution in [0.4, 0.5) is 0 Å². The van der Waals surface area contributed by atoms with Crippen LogP contribution < -0.4 is 0 Å². The molecule has 124 valence electrons. The SMILES string of the molecule is CCC(=O)O.CCOC(=S)SSCCSSC(=S)OCC. The first-order chi connectivity index (χ1) is 9.97. The number of hydrogen-bond donors (Lipinski definition) is 1. The zero-order valence-electron chi connectivity index (χ0n) is 12.2. The van der Waals surface area contributed by atoms with E-state index in [0.29, 0.717) is 22.0 Å². The average Bonchev–Trinajstić information content (AvgIpc) is 2.44. The molecule has 0 aromatic carbocycles. The molecule has 0 heterocycles.